The van der Waals surface area contributed by atoms with E-state index in [9.17, 15) is 9.59 Å². The van der Waals surface area contributed by atoms with E-state index in [2.05, 4.69) is 21.2 Å². The maximum absolute atomic E-state index is 12.3. The fourth-order valence-corrected chi connectivity index (χ4v) is 2.83. The predicted molar refractivity (Wildman–Crippen MR) is 98.6 cm³/mol. The van der Waals surface area contributed by atoms with Crippen LogP contribution in [-0.2, 0) is 9.53 Å². The molecule has 0 bridgehead atoms. The number of piperidine rings is 1. The van der Waals surface area contributed by atoms with E-state index in [0.29, 0.717) is 18.8 Å². The van der Waals surface area contributed by atoms with Gasteiger partial charge in [0.1, 0.15) is 11.4 Å². The highest BCUT2D eigenvalue weighted by Crippen LogP contribution is 2.17. The van der Waals surface area contributed by atoms with Crippen molar-refractivity contribution in [2.24, 2.45) is 0 Å². The quantitative estimate of drug-likeness (QED) is 0.822. The Hall–Kier alpha value is -1.76. The molecule has 138 valence electrons. The van der Waals surface area contributed by atoms with Gasteiger partial charge in [0.2, 0.25) is 0 Å². The summed E-state index contributed by atoms with van der Waals surface area (Å²) in [5.41, 5.74) is -0.535. The number of hydrogen-bond acceptors (Lipinski definition) is 4. The second-order valence-electron chi connectivity index (χ2n) is 7.07. The first kappa shape index (κ1) is 19.6. The van der Waals surface area contributed by atoms with Crippen LogP contribution in [0.3, 0.4) is 0 Å². The van der Waals surface area contributed by atoms with E-state index < -0.39 is 11.7 Å². The normalized spacial score (nSPS) is 17.8. The van der Waals surface area contributed by atoms with Crippen molar-refractivity contribution in [3.8, 4) is 5.75 Å². The van der Waals surface area contributed by atoms with Crippen molar-refractivity contribution < 1.29 is 19.1 Å². The second-order valence-corrected chi connectivity index (χ2v) is 7.98. The Bertz CT molecular complexity index is 598. The molecule has 2 rings (SSSR count). The topological polar surface area (TPSA) is 67.9 Å². The SMILES string of the molecule is CC(C)(C)OC(=O)N[C@H]1CCCN(C(=O)COc2ccc(Br)cc2)C1. The molecular formula is C18H25BrN2O4. The molecular weight excluding hydrogens is 388 g/mol. The molecule has 1 aliphatic rings. The van der Waals surface area contributed by atoms with Gasteiger partial charge in [-0.3, -0.25) is 4.79 Å². The number of halogens is 1. The molecule has 6 nitrogen and oxygen atoms in total. The molecule has 0 aliphatic carbocycles. The minimum atomic E-state index is -0.535. The summed E-state index contributed by atoms with van der Waals surface area (Å²) in [5, 5.41) is 2.84. The first-order valence-corrected chi connectivity index (χ1v) is 9.18. The third-order valence-electron chi connectivity index (χ3n) is 3.67. The largest absolute Gasteiger partial charge is 0.484 e. The second kappa shape index (κ2) is 8.56. The van der Waals surface area contributed by atoms with Gasteiger partial charge in [0.05, 0.1) is 0 Å². The van der Waals surface area contributed by atoms with E-state index in [4.69, 9.17) is 9.47 Å². The van der Waals surface area contributed by atoms with Crippen LogP contribution >= 0.6 is 15.9 Å². The number of likely N-dealkylation sites (tertiary alicyclic amines) is 1. The number of carbonyl (C=O) groups excluding carboxylic acids is 2. The zero-order valence-corrected chi connectivity index (χ0v) is 16.5. The number of alkyl carbamates (subject to hydrolysis) is 1. The fourth-order valence-electron chi connectivity index (χ4n) is 2.56. The van der Waals surface area contributed by atoms with Crippen molar-refractivity contribution in [2.45, 2.75) is 45.3 Å². The minimum Gasteiger partial charge on any atom is -0.484 e. The molecule has 7 heteroatoms. The molecule has 0 saturated carbocycles. The van der Waals surface area contributed by atoms with Crippen LogP contribution in [0, 0.1) is 0 Å². The third-order valence-corrected chi connectivity index (χ3v) is 4.20. The molecule has 0 unspecified atom stereocenters. The summed E-state index contributed by atoms with van der Waals surface area (Å²) in [6, 6.07) is 7.24. The minimum absolute atomic E-state index is 0.0131. The number of hydrogen-bond donors (Lipinski definition) is 1. The van der Waals surface area contributed by atoms with Crippen LogP contribution < -0.4 is 10.1 Å². The molecule has 25 heavy (non-hydrogen) atoms. The summed E-state index contributed by atoms with van der Waals surface area (Å²) >= 11 is 3.36. The summed E-state index contributed by atoms with van der Waals surface area (Å²) in [6.07, 6.45) is 1.22. The van der Waals surface area contributed by atoms with Crippen molar-refractivity contribution in [1.82, 2.24) is 10.2 Å². The summed E-state index contributed by atoms with van der Waals surface area (Å²) < 4.78 is 11.8. The van der Waals surface area contributed by atoms with Gasteiger partial charge in [-0.05, 0) is 57.9 Å². The number of amides is 2. The molecule has 1 saturated heterocycles. The van der Waals surface area contributed by atoms with Gasteiger partial charge in [-0.2, -0.15) is 0 Å². The van der Waals surface area contributed by atoms with Crippen molar-refractivity contribution in [3.63, 3.8) is 0 Å². The highest BCUT2D eigenvalue weighted by atomic mass is 79.9. The maximum Gasteiger partial charge on any atom is 0.407 e. The Morgan fingerprint density at radius 3 is 2.60 bits per heavy atom. The Morgan fingerprint density at radius 2 is 1.96 bits per heavy atom. The standard InChI is InChI=1S/C18H25BrN2O4/c1-18(2,3)25-17(23)20-14-5-4-10-21(11-14)16(22)12-24-15-8-6-13(19)7-9-15/h6-9,14H,4-5,10-12H2,1-3H3,(H,20,23)/t14-/m0/s1. The monoisotopic (exact) mass is 412 g/mol. The fraction of sp³-hybridized carbons (Fsp3) is 0.556. The van der Waals surface area contributed by atoms with Crippen LogP contribution in [0.25, 0.3) is 0 Å². The average molecular weight is 413 g/mol. The van der Waals surface area contributed by atoms with Crippen LogP contribution in [0.1, 0.15) is 33.6 Å². The molecule has 1 N–H and O–H groups in total. The van der Waals surface area contributed by atoms with Crippen LogP contribution in [0.4, 0.5) is 4.79 Å². The highest BCUT2D eigenvalue weighted by molar-refractivity contribution is 9.10. The zero-order chi connectivity index (χ0) is 18.4. The highest BCUT2D eigenvalue weighted by Gasteiger charge is 2.26. The maximum atomic E-state index is 12.3. The van der Waals surface area contributed by atoms with E-state index in [1.54, 1.807) is 17.0 Å². The number of nitrogens with zero attached hydrogens (tertiary/aromatic N) is 1. The Morgan fingerprint density at radius 1 is 1.28 bits per heavy atom. The van der Waals surface area contributed by atoms with Crippen molar-refractivity contribution in [1.29, 1.82) is 0 Å². The zero-order valence-electron chi connectivity index (χ0n) is 14.9. The van der Waals surface area contributed by atoms with Crippen molar-refractivity contribution >= 4 is 27.9 Å². The Labute approximate surface area is 157 Å². The molecule has 0 spiro atoms. The van der Waals surface area contributed by atoms with E-state index >= 15 is 0 Å². The lowest BCUT2D eigenvalue weighted by molar-refractivity contribution is -0.134. The molecule has 1 aromatic rings. The van der Waals surface area contributed by atoms with E-state index in [0.717, 1.165) is 17.3 Å². The van der Waals surface area contributed by atoms with Crippen molar-refractivity contribution in [3.05, 3.63) is 28.7 Å². The molecule has 1 aliphatic heterocycles. The molecule has 1 fully saturated rings. The van der Waals surface area contributed by atoms with Gasteiger partial charge >= 0.3 is 6.09 Å². The van der Waals surface area contributed by atoms with Gasteiger partial charge in [0, 0.05) is 23.6 Å². The van der Waals surface area contributed by atoms with Crippen LogP contribution in [0.2, 0.25) is 0 Å². The number of carbonyl (C=O) groups is 2. The first-order valence-electron chi connectivity index (χ1n) is 8.38. The van der Waals surface area contributed by atoms with Gasteiger partial charge in [0.15, 0.2) is 6.61 Å². The molecule has 1 aromatic carbocycles. The van der Waals surface area contributed by atoms with Gasteiger partial charge < -0.3 is 19.7 Å². The van der Waals surface area contributed by atoms with Crippen LogP contribution in [0.15, 0.2) is 28.7 Å². The number of benzene rings is 1. The van der Waals surface area contributed by atoms with Gasteiger partial charge in [-0.1, -0.05) is 15.9 Å². The number of ether oxygens (including phenoxy) is 2. The van der Waals surface area contributed by atoms with E-state index in [1.807, 2.05) is 32.9 Å². The molecule has 2 amide bonds. The smallest absolute Gasteiger partial charge is 0.407 e. The van der Waals surface area contributed by atoms with Gasteiger partial charge in [0.25, 0.3) is 5.91 Å². The van der Waals surface area contributed by atoms with E-state index in [1.165, 1.54) is 0 Å². The molecule has 0 aromatic heterocycles. The Kier molecular flexibility index (Phi) is 6.70. The first-order chi connectivity index (χ1) is 11.7. The summed E-state index contributed by atoms with van der Waals surface area (Å²) in [5.74, 6) is 0.565. The molecule has 1 atom stereocenters. The summed E-state index contributed by atoms with van der Waals surface area (Å²) in [4.78, 5) is 25.9. The molecule has 1 heterocycles. The summed E-state index contributed by atoms with van der Waals surface area (Å²) in [6.45, 7) is 6.60. The van der Waals surface area contributed by atoms with E-state index in [-0.39, 0.29) is 18.6 Å². The van der Waals surface area contributed by atoms with Crippen molar-refractivity contribution in [2.75, 3.05) is 19.7 Å². The average Bonchev–Trinajstić information content (AvgIpc) is 2.52. The number of nitrogens with one attached hydrogen (secondary N) is 1. The van der Waals surface area contributed by atoms with Crippen LogP contribution in [0.5, 0.6) is 5.75 Å². The van der Waals surface area contributed by atoms with Gasteiger partial charge in [-0.25, -0.2) is 4.79 Å². The molecule has 0 radical (unpaired) electrons. The van der Waals surface area contributed by atoms with Gasteiger partial charge in [-0.15, -0.1) is 0 Å². The predicted octanol–water partition coefficient (Wildman–Crippen LogP) is 3.34. The lowest BCUT2D eigenvalue weighted by Gasteiger charge is -2.33. The third kappa shape index (κ3) is 6.94. The summed E-state index contributed by atoms with van der Waals surface area (Å²) in [7, 11) is 0. The lowest BCUT2D eigenvalue weighted by Crippen LogP contribution is -2.51. The lowest BCUT2D eigenvalue weighted by atomic mass is 10.1. The van der Waals surface area contributed by atoms with Crippen LogP contribution in [-0.4, -0.2) is 48.2 Å². The number of rotatable bonds is 4. The Balaban J connectivity index is 1.80.